The van der Waals surface area contributed by atoms with Crippen molar-refractivity contribution in [3.05, 3.63) is 25.1 Å². The van der Waals surface area contributed by atoms with E-state index in [4.69, 9.17) is 5.26 Å². The van der Waals surface area contributed by atoms with E-state index in [0.717, 1.165) is 13.0 Å². The number of hydrogen-bond acceptors (Lipinski definition) is 2. The lowest BCUT2D eigenvalue weighted by Gasteiger charge is -2.12. The van der Waals surface area contributed by atoms with Crippen LogP contribution in [0.1, 0.15) is 19.8 Å². The van der Waals surface area contributed by atoms with E-state index in [-0.39, 0.29) is 0 Å². The van der Waals surface area contributed by atoms with Crippen LogP contribution >= 0.6 is 0 Å². The molecule has 0 heterocycles. The second kappa shape index (κ2) is 6.88. The highest BCUT2D eigenvalue weighted by Gasteiger charge is 1.90. The van der Waals surface area contributed by atoms with Crippen LogP contribution in [0, 0.1) is 11.3 Å². The first-order valence-corrected chi connectivity index (χ1v) is 3.73. The highest BCUT2D eigenvalue weighted by Crippen LogP contribution is 1.95. The highest BCUT2D eigenvalue weighted by molar-refractivity contribution is 4.86. The van der Waals surface area contributed by atoms with Gasteiger partial charge in [-0.05, 0) is 25.7 Å². The summed E-state index contributed by atoms with van der Waals surface area (Å²) in [6.07, 6.45) is 7.17. The number of unbranched alkanes of at least 4 members (excludes halogenated alkanes) is 1. The summed E-state index contributed by atoms with van der Waals surface area (Å²) in [5.74, 6) is 0. The van der Waals surface area contributed by atoms with E-state index in [2.05, 4.69) is 12.6 Å². The molecule has 0 radical (unpaired) electrons. The minimum Gasteiger partial charge on any atom is -0.355 e. The van der Waals surface area contributed by atoms with Gasteiger partial charge in [-0.2, -0.15) is 5.26 Å². The summed E-state index contributed by atoms with van der Waals surface area (Å²) in [6, 6.07) is 2.10. The zero-order chi connectivity index (χ0) is 8.53. The van der Waals surface area contributed by atoms with Crippen LogP contribution in [-0.4, -0.2) is 11.4 Å². The molecule has 2 nitrogen and oxygen atoms in total. The Morgan fingerprint density at radius 3 is 2.82 bits per heavy atom. The van der Waals surface area contributed by atoms with Crippen molar-refractivity contribution < 1.29 is 0 Å². The minimum absolute atomic E-state index is 0.613. The lowest BCUT2D eigenvalue weighted by Crippen LogP contribution is -2.09. The molecular weight excluding hydrogens is 136 g/mol. The predicted octanol–water partition coefficient (Wildman–Crippen LogP) is 2.27. The SMILES string of the molecule is C=CN(/C=C\C)CCCC#N. The topological polar surface area (TPSA) is 27.0 Å². The summed E-state index contributed by atoms with van der Waals surface area (Å²) >= 11 is 0. The number of hydrogen-bond donors (Lipinski definition) is 0. The summed E-state index contributed by atoms with van der Waals surface area (Å²) in [5.41, 5.74) is 0. The second-order valence-corrected chi connectivity index (χ2v) is 2.16. The quantitative estimate of drug-likeness (QED) is 0.562. The molecule has 0 aliphatic heterocycles. The third kappa shape index (κ3) is 5.23. The average Bonchev–Trinajstić information content (AvgIpc) is 2.03. The van der Waals surface area contributed by atoms with Crippen LogP contribution in [0.2, 0.25) is 0 Å². The Balaban J connectivity index is 3.54. The largest absolute Gasteiger partial charge is 0.355 e. The summed E-state index contributed by atoms with van der Waals surface area (Å²) in [5, 5.41) is 8.27. The summed E-state index contributed by atoms with van der Waals surface area (Å²) in [6.45, 7) is 6.49. The van der Waals surface area contributed by atoms with Crippen LogP contribution in [0.15, 0.2) is 25.1 Å². The van der Waals surface area contributed by atoms with Crippen molar-refractivity contribution in [3.8, 4) is 6.07 Å². The number of allylic oxidation sites excluding steroid dienone is 1. The van der Waals surface area contributed by atoms with E-state index in [1.54, 1.807) is 6.20 Å². The van der Waals surface area contributed by atoms with Gasteiger partial charge >= 0.3 is 0 Å². The fourth-order valence-corrected chi connectivity index (χ4v) is 0.759. The van der Waals surface area contributed by atoms with E-state index >= 15 is 0 Å². The Hall–Kier alpha value is -1.23. The molecule has 60 valence electrons. The Morgan fingerprint density at radius 1 is 1.64 bits per heavy atom. The standard InChI is InChI=1S/C9H14N2/c1-3-8-11(4-2)9-6-5-7-10/h3-4,8H,2,5-6,9H2,1H3/b8-3-. The van der Waals surface area contributed by atoms with Gasteiger partial charge in [-0.25, -0.2) is 0 Å². The van der Waals surface area contributed by atoms with Crippen molar-refractivity contribution in [1.82, 2.24) is 4.90 Å². The van der Waals surface area contributed by atoms with Crippen molar-refractivity contribution in [2.24, 2.45) is 0 Å². The Kier molecular flexibility index (Phi) is 6.11. The Bertz CT molecular complexity index is 165. The van der Waals surface area contributed by atoms with Crippen LogP contribution in [0.25, 0.3) is 0 Å². The van der Waals surface area contributed by atoms with Gasteiger partial charge in [0.2, 0.25) is 0 Å². The van der Waals surface area contributed by atoms with Crippen molar-refractivity contribution in [1.29, 1.82) is 5.26 Å². The first-order chi connectivity index (χ1) is 5.35. The van der Waals surface area contributed by atoms with Crippen LogP contribution in [0.4, 0.5) is 0 Å². The summed E-state index contributed by atoms with van der Waals surface area (Å²) < 4.78 is 0. The number of rotatable bonds is 5. The van der Waals surface area contributed by atoms with Crippen molar-refractivity contribution in [2.75, 3.05) is 6.54 Å². The van der Waals surface area contributed by atoms with Gasteiger partial charge in [0, 0.05) is 13.0 Å². The molecule has 0 aromatic carbocycles. The second-order valence-electron chi connectivity index (χ2n) is 2.16. The van der Waals surface area contributed by atoms with Gasteiger partial charge in [-0.15, -0.1) is 0 Å². The van der Waals surface area contributed by atoms with Crippen LogP contribution in [0.5, 0.6) is 0 Å². The van der Waals surface area contributed by atoms with E-state index in [9.17, 15) is 0 Å². The zero-order valence-corrected chi connectivity index (χ0v) is 6.95. The van der Waals surface area contributed by atoms with Crippen LogP contribution < -0.4 is 0 Å². The van der Waals surface area contributed by atoms with E-state index < -0.39 is 0 Å². The lowest BCUT2D eigenvalue weighted by molar-refractivity contribution is 0.493. The first kappa shape index (κ1) is 9.77. The normalized spacial score (nSPS) is 9.45. The Morgan fingerprint density at radius 2 is 2.36 bits per heavy atom. The molecule has 0 atom stereocenters. The first-order valence-electron chi connectivity index (χ1n) is 3.73. The molecule has 0 unspecified atom stereocenters. The van der Waals surface area contributed by atoms with Gasteiger partial charge in [0.15, 0.2) is 0 Å². The highest BCUT2D eigenvalue weighted by atomic mass is 15.1. The maximum atomic E-state index is 8.27. The van der Waals surface area contributed by atoms with Gasteiger partial charge in [-0.1, -0.05) is 12.7 Å². The van der Waals surface area contributed by atoms with Gasteiger partial charge in [0.05, 0.1) is 6.07 Å². The Labute approximate surface area is 68.4 Å². The van der Waals surface area contributed by atoms with Gasteiger partial charge in [-0.3, -0.25) is 0 Å². The summed E-state index contributed by atoms with van der Waals surface area (Å²) in [4.78, 5) is 1.97. The molecule has 0 aromatic heterocycles. The lowest BCUT2D eigenvalue weighted by atomic mass is 10.3. The molecular formula is C9H14N2. The molecule has 0 N–H and O–H groups in total. The van der Waals surface area contributed by atoms with Crippen molar-refractivity contribution in [3.63, 3.8) is 0 Å². The average molecular weight is 150 g/mol. The molecule has 0 aliphatic rings. The van der Waals surface area contributed by atoms with Crippen LogP contribution in [-0.2, 0) is 0 Å². The molecule has 0 saturated heterocycles. The molecule has 0 spiro atoms. The summed E-state index contributed by atoms with van der Waals surface area (Å²) in [7, 11) is 0. The molecule has 0 fully saturated rings. The molecule has 0 aliphatic carbocycles. The maximum Gasteiger partial charge on any atom is 0.0622 e. The van der Waals surface area contributed by atoms with Crippen molar-refractivity contribution >= 4 is 0 Å². The fraction of sp³-hybridized carbons (Fsp3) is 0.444. The molecule has 2 heteroatoms. The number of nitriles is 1. The van der Waals surface area contributed by atoms with E-state index in [1.165, 1.54) is 0 Å². The maximum absolute atomic E-state index is 8.27. The molecule has 0 bridgehead atoms. The van der Waals surface area contributed by atoms with Crippen molar-refractivity contribution in [2.45, 2.75) is 19.8 Å². The van der Waals surface area contributed by atoms with Crippen LogP contribution in [0.3, 0.4) is 0 Å². The molecule has 0 rings (SSSR count). The monoisotopic (exact) mass is 150 g/mol. The van der Waals surface area contributed by atoms with E-state index in [0.29, 0.717) is 6.42 Å². The molecule has 0 aromatic rings. The van der Waals surface area contributed by atoms with Gasteiger partial charge in [0.25, 0.3) is 0 Å². The van der Waals surface area contributed by atoms with E-state index in [1.807, 2.05) is 24.1 Å². The molecule has 0 amide bonds. The predicted molar refractivity (Wildman–Crippen MR) is 46.6 cm³/mol. The molecule has 0 saturated carbocycles. The third-order valence-electron chi connectivity index (χ3n) is 1.28. The minimum atomic E-state index is 0.613. The fourth-order valence-electron chi connectivity index (χ4n) is 0.759. The zero-order valence-electron chi connectivity index (χ0n) is 6.95. The third-order valence-corrected chi connectivity index (χ3v) is 1.28. The molecule has 11 heavy (non-hydrogen) atoms. The van der Waals surface area contributed by atoms with Gasteiger partial charge in [0.1, 0.15) is 0 Å². The smallest absolute Gasteiger partial charge is 0.0622 e. The van der Waals surface area contributed by atoms with Gasteiger partial charge < -0.3 is 4.90 Å². The number of nitrogens with zero attached hydrogens (tertiary/aromatic N) is 2.